The van der Waals surface area contributed by atoms with Gasteiger partial charge < -0.3 is 14.8 Å². The Kier molecular flexibility index (Phi) is 5.64. The van der Waals surface area contributed by atoms with E-state index in [1.54, 1.807) is 7.11 Å². The van der Waals surface area contributed by atoms with Gasteiger partial charge in [-0.1, -0.05) is 24.3 Å². The van der Waals surface area contributed by atoms with Gasteiger partial charge in [0.05, 0.1) is 13.7 Å². The van der Waals surface area contributed by atoms with E-state index in [2.05, 4.69) is 30.4 Å². The third-order valence-corrected chi connectivity index (χ3v) is 3.50. The Morgan fingerprint density at radius 2 is 1.76 bits per heavy atom. The summed E-state index contributed by atoms with van der Waals surface area (Å²) in [4.78, 5) is 0. The quantitative estimate of drug-likeness (QED) is 0.841. The number of rotatable bonds is 7. The van der Waals surface area contributed by atoms with Gasteiger partial charge in [-0.15, -0.1) is 0 Å². The van der Waals surface area contributed by atoms with Crippen LogP contribution < -0.4 is 14.8 Å². The predicted molar refractivity (Wildman–Crippen MR) is 85.9 cm³/mol. The molecule has 21 heavy (non-hydrogen) atoms. The van der Waals surface area contributed by atoms with Gasteiger partial charge in [0.2, 0.25) is 0 Å². The number of hydrogen-bond acceptors (Lipinski definition) is 3. The molecule has 0 radical (unpaired) electrons. The van der Waals surface area contributed by atoms with Crippen LogP contribution in [0.15, 0.2) is 42.5 Å². The summed E-state index contributed by atoms with van der Waals surface area (Å²) in [7, 11) is 1.68. The van der Waals surface area contributed by atoms with Crippen LogP contribution in [-0.2, 0) is 13.1 Å². The molecule has 0 amide bonds. The molecule has 0 spiro atoms. The highest BCUT2D eigenvalue weighted by Gasteiger charge is 2.04. The van der Waals surface area contributed by atoms with E-state index in [0.29, 0.717) is 6.61 Å². The maximum atomic E-state index is 5.63. The van der Waals surface area contributed by atoms with E-state index in [9.17, 15) is 0 Å². The Hall–Kier alpha value is -2.00. The van der Waals surface area contributed by atoms with Crippen LogP contribution in [0.5, 0.6) is 11.5 Å². The van der Waals surface area contributed by atoms with Crippen molar-refractivity contribution in [3.63, 3.8) is 0 Å². The molecule has 3 nitrogen and oxygen atoms in total. The van der Waals surface area contributed by atoms with Crippen molar-refractivity contribution in [2.45, 2.75) is 26.9 Å². The summed E-state index contributed by atoms with van der Waals surface area (Å²) in [6, 6.07) is 14.3. The van der Waals surface area contributed by atoms with Gasteiger partial charge in [0.1, 0.15) is 11.5 Å². The van der Waals surface area contributed by atoms with Gasteiger partial charge in [-0.05, 0) is 48.7 Å². The Morgan fingerprint density at radius 1 is 1.00 bits per heavy atom. The molecule has 0 bridgehead atoms. The van der Waals surface area contributed by atoms with Gasteiger partial charge in [0.25, 0.3) is 0 Å². The minimum Gasteiger partial charge on any atom is -0.497 e. The first-order chi connectivity index (χ1) is 10.2. The number of methoxy groups -OCH3 is 1. The van der Waals surface area contributed by atoms with Crippen molar-refractivity contribution in [3.8, 4) is 11.5 Å². The molecule has 0 fully saturated rings. The maximum Gasteiger partial charge on any atom is 0.122 e. The third kappa shape index (κ3) is 4.23. The highest BCUT2D eigenvalue weighted by Crippen LogP contribution is 2.21. The smallest absolute Gasteiger partial charge is 0.122 e. The van der Waals surface area contributed by atoms with Gasteiger partial charge in [-0.2, -0.15) is 0 Å². The maximum absolute atomic E-state index is 5.63. The third-order valence-electron chi connectivity index (χ3n) is 3.50. The van der Waals surface area contributed by atoms with Crippen molar-refractivity contribution in [1.29, 1.82) is 0 Å². The lowest BCUT2D eigenvalue weighted by molar-refractivity contribution is 0.337. The standard InChI is InChI=1S/C18H23NO2/c1-4-21-18-7-5-6-16(14(18)2)13-19-12-15-8-10-17(20-3)11-9-15/h5-11,19H,4,12-13H2,1-3H3. The number of nitrogens with one attached hydrogen (secondary N) is 1. The fraction of sp³-hybridized carbons (Fsp3) is 0.333. The van der Waals surface area contributed by atoms with Crippen molar-refractivity contribution in [2.24, 2.45) is 0 Å². The minimum atomic E-state index is 0.698. The molecule has 3 heteroatoms. The summed E-state index contributed by atoms with van der Waals surface area (Å²) in [6.07, 6.45) is 0. The summed E-state index contributed by atoms with van der Waals surface area (Å²) in [5.74, 6) is 1.86. The first-order valence-electron chi connectivity index (χ1n) is 7.29. The molecule has 2 rings (SSSR count). The lowest BCUT2D eigenvalue weighted by atomic mass is 10.1. The second kappa shape index (κ2) is 7.70. The average Bonchev–Trinajstić information content (AvgIpc) is 2.52. The van der Waals surface area contributed by atoms with Crippen molar-refractivity contribution in [1.82, 2.24) is 5.32 Å². The van der Waals surface area contributed by atoms with Crippen molar-refractivity contribution >= 4 is 0 Å². The molecule has 2 aromatic carbocycles. The van der Waals surface area contributed by atoms with E-state index in [1.807, 2.05) is 31.2 Å². The molecule has 0 saturated heterocycles. The Morgan fingerprint density at radius 3 is 2.43 bits per heavy atom. The molecule has 112 valence electrons. The first-order valence-corrected chi connectivity index (χ1v) is 7.29. The largest absolute Gasteiger partial charge is 0.497 e. The summed E-state index contributed by atoms with van der Waals surface area (Å²) in [5.41, 5.74) is 3.73. The highest BCUT2D eigenvalue weighted by atomic mass is 16.5. The van der Waals surface area contributed by atoms with Crippen LogP contribution in [0.1, 0.15) is 23.6 Å². The van der Waals surface area contributed by atoms with E-state index in [1.165, 1.54) is 16.7 Å². The monoisotopic (exact) mass is 285 g/mol. The molecular weight excluding hydrogens is 262 g/mol. The normalized spacial score (nSPS) is 10.4. The Bertz CT molecular complexity index is 564. The van der Waals surface area contributed by atoms with Gasteiger partial charge in [0.15, 0.2) is 0 Å². The van der Waals surface area contributed by atoms with Crippen molar-refractivity contribution < 1.29 is 9.47 Å². The Labute approximate surface area is 126 Å². The minimum absolute atomic E-state index is 0.698. The predicted octanol–water partition coefficient (Wildman–Crippen LogP) is 3.69. The average molecular weight is 285 g/mol. The Balaban J connectivity index is 1.92. The molecule has 0 atom stereocenters. The summed E-state index contributed by atoms with van der Waals surface area (Å²) >= 11 is 0. The number of ether oxygens (including phenoxy) is 2. The lowest BCUT2D eigenvalue weighted by Gasteiger charge is -2.12. The molecule has 0 aliphatic heterocycles. The fourth-order valence-electron chi connectivity index (χ4n) is 2.25. The van der Waals surface area contributed by atoms with Crippen molar-refractivity contribution in [2.75, 3.05) is 13.7 Å². The molecule has 0 aliphatic carbocycles. The van der Waals surface area contributed by atoms with Crippen LogP contribution in [0.4, 0.5) is 0 Å². The van der Waals surface area contributed by atoms with Gasteiger partial charge in [-0.3, -0.25) is 0 Å². The summed E-state index contributed by atoms with van der Waals surface area (Å²) < 4.78 is 10.8. The number of benzene rings is 2. The summed E-state index contributed by atoms with van der Waals surface area (Å²) in [6.45, 7) is 6.48. The van der Waals surface area contributed by atoms with Crippen LogP contribution in [0, 0.1) is 6.92 Å². The van der Waals surface area contributed by atoms with Crippen molar-refractivity contribution in [3.05, 3.63) is 59.2 Å². The fourth-order valence-corrected chi connectivity index (χ4v) is 2.25. The van der Waals surface area contributed by atoms with Crippen LogP contribution >= 0.6 is 0 Å². The zero-order valence-corrected chi connectivity index (χ0v) is 13.0. The molecule has 0 heterocycles. The molecular formula is C18H23NO2. The van der Waals surface area contributed by atoms with E-state index in [-0.39, 0.29) is 0 Å². The topological polar surface area (TPSA) is 30.5 Å². The zero-order chi connectivity index (χ0) is 15.1. The molecule has 0 aliphatic rings. The van der Waals surface area contributed by atoms with E-state index < -0.39 is 0 Å². The van der Waals surface area contributed by atoms with Crippen LogP contribution in [-0.4, -0.2) is 13.7 Å². The molecule has 0 saturated carbocycles. The van der Waals surface area contributed by atoms with Gasteiger partial charge >= 0.3 is 0 Å². The van der Waals surface area contributed by atoms with E-state index in [0.717, 1.165) is 24.6 Å². The van der Waals surface area contributed by atoms with Crippen LogP contribution in [0.25, 0.3) is 0 Å². The second-order valence-electron chi connectivity index (χ2n) is 4.92. The molecule has 0 unspecified atom stereocenters. The van der Waals surface area contributed by atoms with E-state index in [4.69, 9.17) is 9.47 Å². The zero-order valence-electron chi connectivity index (χ0n) is 13.0. The van der Waals surface area contributed by atoms with Gasteiger partial charge in [0, 0.05) is 13.1 Å². The van der Waals surface area contributed by atoms with Crippen LogP contribution in [0.3, 0.4) is 0 Å². The SMILES string of the molecule is CCOc1cccc(CNCc2ccc(OC)cc2)c1C. The molecule has 1 N–H and O–H groups in total. The lowest BCUT2D eigenvalue weighted by Crippen LogP contribution is -2.13. The summed E-state index contributed by atoms with van der Waals surface area (Å²) in [5, 5.41) is 3.47. The van der Waals surface area contributed by atoms with Gasteiger partial charge in [-0.25, -0.2) is 0 Å². The molecule has 2 aromatic rings. The van der Waals surface area contributed by atoms with E-state index >= 15 is 0 Å². The van der Waals surface area contributed by atoms with Crippen LogP contribution in [0.2, 0.25) is 0 Å². The highest BCUT2D eigenvalue weighted by molar-refractivity contribution is 5.39. The molecule has 0 aromatic heterocycles. The first kappa shape index (κ1) is 15.4. The number of hydrogen-bond donors (Lipinski definition) is 1. The second-order valence-corrected chi connectivity index (χ2v) is 4.92.